The van der Waals surface area contributed by atoms with E-state index in [2.05, 4.69) is 0 Å². The van der Waals surface area contributed by atoms with E-state index in [4.69, 9.17) is 1.37 Å². The average Bonchev–Trinajstić information content (AvgIpc) is 2.82. The molecule has 0 aromatic heterocycles. The monoisotopic (exact) mass is 205 g/mol. The fraction of sp³-hybridized carbons (Fsp3) is 0.462. The number of aldehydes is 1. The molecule has 1 aliphatic carbocycles. The van der Waals surface area contributed by atoms with Crippen LogP contribution in [0.15, 0.2) is 30.3 Å². The Morgan fingerprint density at radius 3 is 2.47 bits per heavy atom. The lowest BCUT2D eigenvalue weighted by Gasteiger charge is -2.28. The summed E-state index contributed by atoms with van der Waals surface area (Å²) in [6.45, 7) is 0. The molecule has 2 nitrogen and oxygen atoms in total. The van der Waals surface area contributed by atoms with E-state index in [1.54, 1.807) is 24.3 Å². The van der Waals surface area contributed by atoms with Gasteiger partial charge in [-0.05, 0) is 24.3 Å². The molecule has 0 spiro atoms. The molecule has 0 aliphatic heterocycles. The molecule has 1 fully saturated rings. The van der Waals surface area contributed by atoms with Crippen LogP contribution >= 0.6 is 0 Å². The Kier molecular flexibility index (Phi) is 2.52. The lowest BCUT2D eigenvalue weighted by molar-refractivity contribution is -0.130. The summed E-state index contributed by atoms with van der Waals surface area (Å²) in [5.74, 6) is -0.0973. The van der Waals surface area contributed by atoms with Crippen molar-refractivity contribution < 1.29 is 11.3 Å². The normalized spacial score (nSPS) is 22.1. The molecule has 0 heterocycles. The Morgan fingerprint density at radius 1 is 1.33 bits per heavy atom. The smallest absolute Gasteiger partial charge is 0.156 e. The summed E-state index contributed by atoms with van der Waals surface area (Å²) in [5, 5.41) is 10.5. The number of carbonyl (C=O) groups excluding carboxylic acids is 1. The third-order valence-electron chi connectivity index (χ3n) is 3.32. The summed E-state index contributed by atoms with van der Waals surface area (Å²) in [4.78, 5) is 11.5. The Hall–Kier alpha value is -1.15. The fourth-order valence-corrected chi connectivity index (χ4v) is 2.41. The standard InChI is InChI=1S/C13H16O2/c14-10-13(15,12-8-4-5-9-12)11-6-2-1-3-7-11/h1-3,6-7,10,12,15H,4-5,8-9H2/i10D. The van der Waals surface area contributed by atoms with E-state index in [9.17, 15) is 9.90 Å². The predicted octanol–water partition coefficient (Wildman–Crippen LogP) is 2.26. The van der Waals surface area contributed by atoms with Crippen molar-refractivity contribution in [2.75, 3.05) is 0 Å². The summed E-state index contributed by atoms with van der Waals surface area (Å²) >= 11 is 0. The molecule has 1 unspecified atom stereocenters. The van der Waals surface area contributed by atoms with Crippen LogP contribution in [-0.4, -0.2) is 11.4 Å². The highest BCUT2D eigenvalue weighted by Crippen LogP contribution is 2.39. The van der Waals surface area contributed by atoms with Gasteiger partial charge in [0.1, 0.15) is 6.97 Å². The highest BCUT2D eigenvalue weighted by atomic mass is 16.3. The molecule has 15 heavy (non-hydrogen) atoms. The van der Waals surface area contributed by atoms with Gasteiger partial charge in [-0.15, -0.1) is 0 Å². The van der Waals surface area contributed by atoms with Gasteiger partial charge in [0, 0.05) is 0 Å². The van der Waals surface area contributed by atoms with Gasteiger partial charge >= 0.3 is 0 Å². The highest BCUT2D eigenvalue weighted by Gasteiger charge is 2.39. The van der Waals surface area contributed by atoms with Crippen molar-refractivity contribution in [3.05, 3.63) is 35.9 Å². The van der Waals surface area contributed by atoms with Gasteiger partial charge in [-0.2, -0.15) is 0 Å². The summed E-state index contributed by atoms with van der Waals surface area (Å²) < 4.78 is 7.35. The van der Waals surface area contributed by atoms with Gasteiger partial charge in [-0.1, -0.05) is 43.2 Å². The van der Waals surface area contributed by atoms with Crippen molar-refractivity contribution in [2.45, 2.75) is 31.3 Å². The second kappa shape index (κ2) is 4.15. The van der Waals surface area contributed by atoms with Gasteiger partial charge in [-0.3, -0.25) is 4.79 Å². The largest absolute Gasteiger partial charge is 0.377 e. The van der Waals surface area contributed by atoms with E-state index in [-0.39, 0.29) is 5.92 Å². The molecule has 1 saturated carbocycles. The minimum absolute atomic E-state index is 0.0973. The van der Waals surface area contributed by atoms with Gasteiger partial charge < -0.3 is 5.11 Å². The number of carbonyl (C=O) groups is 1. The van der Waals surface area contributed by atoms with Gasteiger partial charge in [-0.25, -0.2) is 0 Å². The molecule has 2 rings (SSSR count). The predicted molar refractivity (Wildman–Crippen MR) is 58.4 cm³/mol. The number of rotatable bonds is 3. The van der Waals surface area contributed by atoms with Crippen molar-refractivity contribution in [2.24, 2.45) is 5.92 Å². The Balaban J connectivity index is 2.39. The lowest BCUT2D eigenvalue weighted by Crippen LogP contribution is -2.35. The molecule has 1 aliphatic rings. The van der Waals surface area contributed by atoms with Gasteiger partial charge in [0.2, 0.25) is 0 Å². The first-order valence-electron chi connectivity index (χ1n) is 5.94. The van der Waals surface area contributed by atoms with E-state index in [0.29, 0.717) is 5.56 Å². The second-order valence-corrected chi connectivity index (χ2v) is 4.22. The molecular formula is C13H16O2. The van der Waals surface area contributed by atoms with E-state index in [0.717, 1.165) is 25.7 Å². The van der Waals surface area contributed by atoms with Gasteiger partial charge in [0.25, 0.3) is 0 Å². The second-order valence-electron chi connectivity index (χ2n) is 4.22. The Labute approximate surface area is 91.3 Å². The molecule has 0 amide bonds. The molecule has 0 bridgehead atoms. The number of hydrogen-bond donors (Lipinski definition) is 1. The zero-order chi connectivity index (χ0) is 11.6. The fourth-order valence-electron chi connectivity index (χ4n) is 2.41. The summed E-state index contributed by atoms with van der Waals surface area (Å²) in [5.41, 5.74) is -1.04. The maximum Gasteiger partial charge on any atom is 0.156 e. The Morgan fingerprint density at radius 2 is 1.93 bits per heavy atom. The summed E-state index contributed by atoms with van der Waals surface area (Å²) in [6, 6.07) is 8.87. The van der Waals surface area contributed by atoms with Crippen LogP contribution in [0.1, 0.15) is 32.6 Å². The Bertz CT molecular complexity index is 371. The average molecular weight is 205 g/mol. The molecule has 0 saturated heterocycles. The van der Waals surface area contributed by atoms with E-state index < -0.39 is 11.9 Å². The molecule has 2 heteroatoms. The number of aliphatic hydroxyl groups is 1. The van der Waals surface area contributed by atoms with Crippen LogP contribution < -0.4 is 0 Å². The van der Waals surface area contributed by atoms with Crippen LogP contribution in [0.25, 0.3) is 0 Å². The van der Waals surface area contributed by atoms with Crippen LogP contribution in [0.2, 0.25) is 0 Å². The zero-order valence-electron chi connectivity index (χ0n) is 9.65. The van der Waals surface area contributed by atoms with Crippen molar-refractivity contribution in [1.82, 2.24) is 0 Å². The number of benzene rings is 1. The SMILES string of the molecule is [2H]C(=O)C(O)(c1ccccc1)C1CCCC1. The van der Waals surface area contributed by atoms with Crippen LogP contribution in [0.3, 0.4) is 0 Å². The van der Waals surface area contributed by atoms with Gasteiger partial charge in [0.15, 0.2) is 6.26 Å². The maximum atomic E-state index is 11.5. The molecule has 1 N–H and O–H groups in total. The topological polar surface area (TPSA) is 37.3 Å². The summed E-state index contributed by atoms with van der Waals surface area (Å²) in [7, 11) is 0. The van der Waals surface area contributed by atoms with Crippen molar-refractivity contribution in [3.8, 4) is 0 Å². The molecular weight excluding hydrogens is 188 g/mol. The molecule has 80 valence electrons. The van der Waals surface area contributed by atoms with E-state index in [1.807, 2.05) is 6.07 Å². The van der Waals surface area contributed by atoms with Crippen LogP contribution in [-0.2, 0) is 10.4 Å². The van der Waals surface area contributed by atoms with Crippen LogP contribution in [0.5, 0.6) is 0 Å². The van der Waals surface area contributed by atoms with E-state index in [1.165, 1.54) is 0 Å². The minimum atomic E-state index is -1.60. The molecule has 1 aromatic carbocycles. The van der Waals surface area contributed by atoms with E-state index >= 15 is 0 Å². The van der Waals surface area contributed by atoms with Crippen molar-refractivity contribution in [3.63, 3.8) is 0 Å². The number of hydrogen-bond acceptors (Lipinski definition) is 2. The maximum absolute atomic E-state index is 11.5. The first-order chi connectivity index (χ1) is 7.65. The van der Waals surface area contributed by atoms with Crippen molar-refractivity contribution >= 4 is 6.26 Å². The third kappa shape index (κ3) is 1.82. The first-order valence-corrected chi connectivity index (χ1v) is 5.44. The highest BCUT2D eigenvalue weighted by molar-refractivity contribution is 5.66. The zero-order valence-corrected chi connectivity index (χ0v) is 8.65. The first kappa shape index (κ1) is 9.10. The van der Waals surface area contributed by atoms with Gasteiger partial charge in [0.05, 0.1) is 0 Å². The lowest BCUT2D eigenvalue weighted by atomic mass is 9.81. The third-order valence-corrected chi connectivity index (χ3v) is 3.32. The quantitative estimate of drug-likeness (QED) is 0.768. The van der Waals surface area contributed by atoms with Crippen LogP contribution in [0, 0.1) is 5.92 Å². The minimum Gasteiger partial charge on any atom is -0.377 e. The van der Waals surface area contributed by atoms with Crippen molar-refractivity contribution in [1.29, 1.82) is 0 Å². The molecule has 0 radical (unpaired) electrons. The summed E-state index contributed by atoms with van der Waals surface area (Å²) in [6.07, 6.45) is 2.84. The molecule has 1 aromatic rings. The van der Waals surface area contributed by atoms with Crippen LogP contribution in [0.4, 0.5) is 0 Å². The molecule has 1 atom stereocenters.